The molecule has 0 atom stereocenters. The van der Waals surface area contributed by atoms with Crippen LogP contribution in [0.5, 0.6) is 5.88 Å². The van der Waals surface area contributed by atoms with Crippen LogP contribution < -0.4 is 4.74 Å². The van der Waals surface area contributed by atoms with Gasteiger partial charge in [-0.1, -0.05) is 42.2 Å². The van der Waals surface area contributed by atoms with Gasteiger partial charge in [0.1, 0.15) is 30.7 Å². The number of fused-ring (bicyclic) bond motifs is 1. The molecule has 24 heavy (non-hydrogen) atoms. The molecule has 6 nitrogen and oxygen atoms in total. The van der Waals surface area contributed by atoms with Crippen LogP contribution in [0.1, 0.15) is 11.1 Å². The van der Waals surface area contributed by atoms with Crippen molar-refractivity contribution in [2.45, 2.75) is 13.3 Å². The summed E-state index contributed by atoms with van der Waals surface area (Å²) in [5, 5.41) is 8.91. The Morgan fingerprint density at radius 1 is 1.21 bits per heavy atom. The molecule has 0 unspecified atom stereocenters. The Balaban J connectivity index is 1.88. The van der Waals surface area contributed by atoms with Gasteiger partial charge < -0.3 is 19.1 Å². The van der Waals surface area contributed by atoms with Gasteiger partial charge in [0.2, 0.25) is 5.88 Å². The lowest BCUT2D eigenvalue weighted by Gasteiger charge is -2.08. The lowest BCUT2D eigenvalue weighted by atomic mass is 10.2. The van der Waals surface area contributed by atoms with Crippen LogP contribution in [-0.2, 0) is 18.1 Å². The van der Waals surface area contributed by atoms with Crippen molar-refractivity contribution in [1.82, 2.24) is 14.5 Å². The molecule has 0 aliphatic rings. The molecule has 3 aromatic rings. The molecule has 2 aromatic heterocycles. The second-order valence-electron chi connectivity index (χ2n) is 5.02. The number of hydrogen-bond acceptors (Lipinski definition) is 5. The third-order valence-electron chi connectivity index (χ3n) is 3.45. The maximum atomic E-state index is 8.91. The van der Waals surface area contributed by atoms with E-state index in [1.165, 1.54) is 6.33 Å². The van der Waals surface area contributed by atoms with E-state index in [1.54, 1.807) is 7.11 Å². The number of nitrogens with zero attached hydrogens (tertiary/aromatic N) is 3. The fraction of sp³-hybridized carbons (Fsp3) is 0.222. The van der Waals surface area contributed by atoms with Crippen LogP contribution in [0.15, 0.2) is 42.9 Å². The smallest absolute Gasteiger partial charge is 0.241 e. The summed E-state index contributed by atoms with van der Waals surface area (Å²) < 4.78 is 13.0. The molecule has 0 aliphatic heterocycles. The van der Waals surface area contributed by atoms with Gasteiger partial charge in [0.15, 0.2) is 0 Å². The van der Waals surface area contributed by atoms with Gasteiger partial charge in [0.25, 0.3) is 0 Å². The molecule has 0 amide bonds. The van der Waals surface area contributed by atoms with E-state index in [1.807, 2.05) is 41.1 Å². The molecule has 0 aliphatic carbocycles. The predicted molar refractivity (Wildman–Crippen MR) is 89.3 cm³/mol. The summed E-state index contributed by atoms with van der Waals surface area (Å²) in [5.74, 6) is 5.99. The molecule has 0 spiro atoms. The van der Waals surface area contributed by atoms with Crippen molar-refractivity contribution in [1.29, 1.82) is 0 Å². The molecule has 1 N–H and O–H groups in total. The van der Waals surface area contributed by atoms with Gasteiger partial charge in [-0.05, 0) is 5.56 Å². The van der Waals surface area contributed by atoms with Gasteiger partial charge in [-0.15, -0.1) is 0 Å². The number of ether oxygens (including phenoxy) is 2. The van der Waals surface area contributed by atoms with E-state index in [0.717, 1.165) is 11.1 Å². The molecule has 6 heteroatoms. The van der Waals surface area contributed by atoms with Crippen LogP contribution in [0.4, 0.5) is 0 Å². The molecule has 122 valence electrons. The molecule has 2 heterocycles. The van der Waals surface area contributed by atoms with Crippen molar-refractivity contribution in [3.05, 3.63) is 54.0 Å². The van der Waals surface area contributed by atoms with Gasteiger partial charge in [-0.25, -0.2) is 4.98 Å². The first kappa shape index (κ1) is 16.0. The SMILES string of the molecule is COc1ncnc2c(C#CCO)cn(COCc3ccccc3)c12. The molecule has 0 radical (unpaired) electrons. The summed E-state index contributed by atoms with van der Waals surface area (Å²) in [7, 11) is 1.56. The number of methoxy groups -OCH3 is 1. The third-order valence-corrected chi connectivity index (χ3v) is 3.45. The summed E-state index contributed by atoms with van der Waals surface area (Å²) in [6.45, 7) is 0.601. The van der Waals surface area contributed by atoms with Crippen molar-refractivity contribution in [2.24, 2.45) is 0 Å². The topological polar surface area (TPSA) is 69.4 Å². The third kappa shape index (κ3) is 3.38. The summed E-state index contributed by atoms with van der Waals surface area (Å²) in [6, 6.07) is 9.94. The van der Waals surface area contributed by atoms with Crippen molar-refractivity contribution in [2.75, 3.05) is 13.7 Å². The Morgan fingerprint density at radius 2 is 2.04 bits per heavy atom. The lowest BCUT2D eigenvalue weighted by molar-refractivity contribution is 0.0665. The zero-order valence-electron chi connectivity index (χ0n) is 13.3. The number of aliphatic hydroxyl groups is 1. The molecule has 3 rings (SSSR count). The highest BCUT2D eigenvalue weighted by Crippen LogP contribution is 2.25. The minimum Gasteiger partial charge on any atom is -0.479 e. The van der Waals surface area contributed by atoms with Crippen LogP contribution in [0.25, 0.3) is 11.0 Å². The second-order valence-corrected chi connectivity index (χ2v) is 5.02. The van der Waals surface area contributed by atoms with Crippen molar-refractivity contribution in [3.63, 3.8) is 0 Å². The maximum absolute atomic E-state index is 8.91. The van der Waals surface area contributed by atoms with Gasteiger partial charge in [-0.2, -0.15) is 4.98 Å². The first-order chi connectivity index (χ1) is 11.8. The van der Waals surface area contributed by atoms with E-state index in [9.17, 15) is 0 Å². The average Bonchev–Trinajstić information content (AvgIpc) is 2.99. The van der Waals surface area contributed by atoms with Gasteiger partial charge in [0.05, 0.1) is 19.3 Å². The Kier molecular flexibility index (Phi) is 5.06. The van der Waals surface area contributed by atoms with E-state index < -0.39 is 0 Å². The Bertz CT molecular complexity index is 879. The fourth-order valence-corrected chi connectivity index (χ4v) is 2.41. The van der Waals surface area contributed by atoms with Crippen LogP contribution in [0.2, 0.25) is 0 Å². The molecular formula is C18H17N3O3. The number of aromatic nitrogens is 3. The summed E-state index contributed by atoms with van der Waals surface area (Å²) in [4.78, 5) is 8.42. The fourth-order valence-electron chi connectivity index (χ4n) is 2.41. The summed E-state index contributed by atoms with van der Waals surface area (Å²) in [5.41, 5.74) is 3.18. The van der Waals surface area contributed by atoms with Crippen molar-refractivity contribution >= 4 is 11.0 Å². The van der Waals surface area contributed by atoms with Gasteiger partial charge >= 0.3 is 0 Å². The number of aliphatic hydroxyl groups excluding tert-OH is 1. The zero-order chi connectivity index (χ0) is 16.8. The van der Waals surface area contributed by atoms with E-state index in [2.05, 4.69) is 21.8 Å². The van der Waals surface area contributed by atoms with E-state index in [-0.39, 0.29) is 6.61 Å². The standard InChI is InChI=1S/C18H17N3O3/c1-23-18-17-16(19-12-20-18)15(8-5-9-22)10-21(17)13-24-11-14-6-3-2-4-7-14/h2-4,6-7,10,12,22H,9,11,13H2,1H3. The van der Waals surface area contributed by atoms with Crippen LogP contribution >= 0.6 is 0 Å². The Labute approximate surface area is 139 Å². The Morgan fingerprint density at radius 3 is 2.79 bits per heavy atom. The molecule has 0 saturated heterocycles. The lowest BCUT2D eigenvalue weighted by Crippen LogP contribution is -2.03. The second kappa shape index (κ2) is 7.59. The summed E-state index contributed by atoms with van der Waals surface area (Å²) in [6.07, 6.45) is 3.26. The molecular weight excluding hydrogens is 306 g/mol. The van der Waals surface area contributed by atoms with E-state index in [0.29, 0.717) is 30.3 Å². The normalized spacial score (nSPS) is 10.4. The van der Waals surface area contributed by atoms with Crippen molar-refractivity contribution < 1.29 is 14.6 Å². The molecule has 1 aromatic carbocycles. The highest BCUT2D eigenvalue weighted by atomic mass is 16.5. The predicted octanol–water partition coefficient (Wildman–Crippen LogP) is 1.96. The zero-order valence-corrected chi connectivity index (χ0v) is 13.3. The molecule has 0 saturated carbocycles. The minimum atomic E-state index is -0.209. The largest absolute Gasteiger partial charge is 0.479 e. The highest BCUT2D eigenvalue weighted by molar-refractivity contribution is 5.86. The van der Waals surface area contributed by atoms with Gasteiger partial charge in [0, 0.05) is 6.20 Å². The van der Waals surface area contributed by atoms with E-state index >= 15 is 0 Å². The maximum Gasteiger partial charge on any atom is 0.241 e. The molecule has 0 bridgehead atoms. The number of rotatable bonds is 5. The van der Waals surface area contributed by atoms with Crippen molar-refractivity contribution in [3.8, 4) is 17.7 Å². The monoisotopic (exact) mass is 323 g/mol. The quantitative estimate of drug-likeness (QED) is 0.727. The van der Waals surface area contributed by atoms with Gasteiger partial charge in [-0.3, -0.25) is 0 Å². The summed E-state index contributed by atoms with van der Waals surface area (Å²) >= 11 is 0. The molecule has 0 fully saturated rings. The first-order valence-corrected chi connectivity index (χ1v) is 7.42. The highest BCUT2D eigenvalue weighted by Gasteiger charge is 2.14. The van der Waals surface area contributed by atoms with E-state index in [4.69, 9.17) is 14.6 Å². The van der Waals surface area contributed by atoms with Crippen LogP contribution in [-0.4, -0.2) is 33.4 Å². The minimum absolute atomic E-state index is 0.209. The average molecular weight is 323 g/mol. The number of benzene rings is 1. The first-order valence-electron chi connectivity index (χ1n) is 7.42. The van der Waals surface area contributed by atoms with Crippen LogP contribution in [0.3, 0.4) is 0 Å². The van der Waals surface area contributed by atoms with Crippen LogP contribution in [0, 0.1) is 11.8 Å². The number of hydrogen-bond donors (Lipinski definition) is 1. The Hall–Kier alpha value is -2.88.